The first kappa shape index (κ1) is 12.7. The Hall–Kier alpha value is -1.41. The van der Waals surface area contributed by atoms with E-state index in [1.807, 2.05) is 30.3 Å². The number of ether oxygens (including phenoxy) is 1. The third-order valence-electron chi connectivity index (χ3n) is 2.18. The average Bonchev–Trinajstić information content (AvgIpc) is 2.35. The van der Waals surface area contributed by atoms with E-state index in [0.29, 0.717) is 5.88 Å². The van der Waals surface area contributed by atoms with E-state index in [9.17, 15) is 0 Å². The van der Waals surface area contributed by atoms with E-state index < -0.39 is 0 Å². The number of benzene rings is 1. The number of allylic oxidation sites excluding steroid dienone is 3. The van der Waals surface area contributed by atoms with Gasteiger partial charge in [-0.15, -0.1) is 11.6 Å². The summed E-state index contributed by atoms with van der Waals surface area (Å²) < 4.78 is 5.08. The lowest BCUT2D eigenvalue weighted by Gasteiger charge is -2.04. The van der Waals surface area contributed by atoms with E-state index in [1.54, 1.807) is 13.2 Å². The summed E-state index contributed by atoms with van der Waals surface area (Å²) >= 11 is 5.80. The average molecular weight is 239 g/mol. The lowest BCUT2D eigenvalue weighted by Crippen LogP contribution is -1.92. The van der Waals surface area contributed by atoms with Crippen molar-refractivity contribution in [2.24, 2.45) is 0 Å². The van der Waals surface area contributed by atoms with Gasteiger partial charge in [0.1, 0.15) is 5.75 Å². The van der Waals surface area contributed by atoms with Gasteiger partial charge in [-0.2, -0.15) is 0 Å². The molecular weight excluding hydrogens is 224 g/mol. The van der Waals surface area contributed by atoms with Crippen LogP contribution in [0.3, 0.4) is 0 Å². The normalized spacial score (nSPS) is 12.0. The molecule has 1 aromatic rings. The Morgan fingerprint density at radius 2 is 2.06 bits per heavy atom. The Bertz CT molecular complexity index is 366. The highest BCUT2D eigenvalue weighted by Gasteiger charge is 1.98. The molecule has 0 heterocycles. The number of hydrogen-bond donors (Lipinski definition) is 1. The second kappa shape index (κ2) is 6.96. The van der Waals surface area contributed by atoms with Crippen molar-refractivity contribution in [3.8, 4) is 5.75 Å². The van der Waals surface area contributed by atoms with Gasteiger partial charge in [0.05, 0.1) is 13.4 Å². The van der Waals surface area contributed by atoms with Crippen molar-refractivity contribution in [3.05, 3.63) is 53.8 Å². The van der Waals surface area contributed by atoms with Gasteiger partial charge in [0.15, 0.2) is 0 Å². The third kappa shape index (κ3) is 3.99. The molecule has 0 aliphatic carbocycles. The van der Waals surface area contributed by atoms with E-state index in [4.69, 9.17) is 21.4 Å². The molecule has 0 saturated carbocycles. The molecule has 16 heavy (non-hydrogen) atoms. The minimum atomic E-state index is 0.455. The summed E-state index contributed by atoms with van der Waals surface area (Å²) in [4.78, 5) is 0. The lowest BCUT2D eigenvalue weighted by molar-refractivity contribution is 0.414. The van der Waals surface area contributed by atoms with E-state index in [1.165, 1.54) is 5.56 Å². The molecular formula is C13H15ClO2. The minimum absolute atomic E-state index is 0.455. The van der Waals surface area contributed by atoms with Crippen molar-refractivity contribution in [1.29, 1.82) is 0 Å². The van der Waals surface area contributed by atoms with Gasteiger partial charge in [0.25, 0.3) is 0 Å². The largest absolute Gasteiger partial charge is 0.516 e. The highest BCUT2D eigenvalue weighted by Crippen LogP contribution is 2.15. The summed E-state index contributed by atoms with van der Waals surface area (Å²) in [6.45, 7) is 0. The van der Waals surface area contributed by atoms with Gasteiger partial charge in [-0.25, -0.2) is 0 Å². The lowest BCUT2D eigenvalue weighted by atomic mass is 10.1. The van der Waals surface area contributed by atoms with E-state index in [2.05, 4.69) is 0 Å². The minimum Gasteiger partial charge on any atom is -0.516 e. The summed E-state index contributed by atoms with van der Waals surface area (Å²) in [5, 5.41) is 8.56. The van der Waals surface area contributed by atoms with Gasteiger partial charge < -0.3 is 9.84 Å². The zero-order valence-corrected chi connectivity index (χ0v) is 9.95. The first-order valence-corrected chi connectivity index (χ1v) is 5.51. The molecule has 0 aliphatic rings. The first-order chi connectivity index (χ1) is 7.80. The first-order valence-electron chi connectivity index (χ1n) is 4.98. The molecule has 0 bridgehead atoms. The van der Waals surface area contributed by atoms with Crippen LogP contribution in [-0.4, -0.2) is 18.1 Å². The molecule has 1 aromatic carbocycles. The van der Waals surface area contributed by atoms with Gasteiger partial charge in [-0.3, -0.25) is 0 Å². The number of methoxy groups -OCH3 is 1. The predicted molar refractivity (Wildman–Crippen MR) is 67.3 cm³/mol. The number of aliphatic hydroxyl groups is 1. The van der Waals surface area contributed by atoms with E-state index >= 15 is 0 Å². The van der Waals surface area contributed by atoms with Crippen molar-refractivity contribution in [3.63, 3.8) is 0 Å². The SMILES string of the molecule is COc1ccc(C/C(=C\C=C/O)CCl)cc1. The van der Waals surface area contributed by atoms with Crippen LogP contribution in [0.2, 0.25) is 0 Å². The van der Waals surface area contributed by atoms with Crippen LogP contribution in [0.4, 0.5) is 0 Å². The number of hydrogen-bond acceptors (Lipinski definition) is 2. The van der Waals surface area contributed by atoms with E-state index in [0.717, 1.165) is 24.0 Å². The predicted octanol–water partition coefficient (Wildman–Crippen LogP) is 3.47. The van der Waals surface area contributed by atoms with Crippen LogP contribution in [0.1, 0.15) is 5.56 Å². The summed E-state index contributed by atoms with van der Waals surface area (Å²) in [6.07, 6.45) is 5.16. The second-order valence-corrected chi connectivity index (χ2v) is 3.59. The molecule has 0 fully saturated rings. The van der Waals surface area contributed by atoms with Crippen LogP contribution in [0, 0.1) is 0 Å². The number of rotatable bonds is 5. The Labute approximate surface area is 101 Å². The van der Waals surface area contributed by atoms with Crippen molar-refractivity contribution in [2.45, 2.75) is 6.42 Å². The number of halogens is 1. The monoisotopic (exact) mass is 238 g/mol. The standard InChI is InChI=1S/C13H15ClO2/c1-16-13-6-4-11(5-7-13)9-12(10-14)3-2-8-15/h2-8,15H,9-10H2,1H3/b8-2-,12-3+. The van der Waals surface area contributed by atoms with Crippen molar-refractivity contribution in [1.82, 2.24) is 0 Å². The second-order valence-electron chi connectivity index (χ2n) is 3.32. The molecule has 0 radical (unpaired) electrons. The summed E-state index contributed by atoms with van der Waals surface area (Å²) in [7, 11) is 1.64. The fourth-order valence-corrected chi connectivity index (χ4v) is 1.52. The molecule has 3 heteroatoms. The van der Waals surface area contributed by atoms with Crippen molar-refractivity contribution < 1.29 is 9.84 Å². The zero-order chi connectivity index (χ0) is 11.8. The maximum atomic E-state index is 8.56. The molecule has 0 aliphatic heterocycles. The Morgan fingerprint density at radius 1 is 1.38 bits per heavy atom. The maximum absolute atomic E-state index is 8.56. The van der Waals surface area contributed by atoms with Crippen LogP contribution in [0.25, 0.3) is 0 Å². The molecule has 0 atom stereocenters. The molecule has 1 N–H and O–H groups in total. The Balaban J connectivity index is 2.70. The van der Waals surface area contributed by atoms with E-state index in [-0.39, 0.29) is 0 Å². The van der Waals surface area contributed by atoms with Crippen molar-refractivity contribution >= 4 is 11.6 Å². The van der Waals surface area contributed by atoms with Gasteiger partial charge in [0, 0.05) is 5.88 Å². The fourth-order valence-electron chi connectivity index (χ4n) is 1.34. The molecule has 1 rings (SSSR count). The van der Waals surface area contributed by atoms with Gasteiger partial charge in [-0.05, 0) is 30.2 Å². The summed E-state index contributed by atoms with van der Waals surface area (Å²) in [6, 6.07) is 7.84. The van der Waals surface area contributed by atoms with Crippen LogP contribution in [0.15, 0.2) is 48.3 Å². The van der Waals surface area contributed by atoms with Crippen LogP contribution < -0.4 is 4.74 Å². The Kier molecular flexibility index (Phi) is 5.51. The highest BCUT2D eigenvalue weighted by atomic mass is 35.5. The molecule has 0 spiro atoms. The molecule has 0 unspecified atom stereocenters. The van der Waals surface area contributed by atoms with Crippen molar-refractivity contribution in [2.75, 3.05) is 13.0 Å². The molecule has 0 saturated heterocycles. The molecule has 86 valence electrons. The maximum Gasteiger partial charge on any atom is 0.118 e. The van der Waals surface area contributed by atoms with Gasteiger partial charge in [-0.1, -0.05) is 23.8 Å². The van der Waals surface area contributed by atoms with Gasteiger partial charge in [0.2, 0.25) is 0 Å². The fraction of sp³-hybridized carbons (Fsp3) is 0.231. The number of aliphatic hydroxyl groups excluding tert-OH is 1. The van der Waals surface area contributed by atoms with Crippen LogP contribution in [0.5, 0.6) is 5.75 Å². The summed E-state index contributed by atoms with van der Waals surface area (Å²) in [5.41, 5.74) is 2.22. The quantitative estimate of drug-likeness (QED) is 0.484. The van der Waals surface area contributed by atoms with Gasteiger partial charge >= 0.3 is 0 Å². The zero-order valence-electron chi connectivity index (χ0n) is 9.19. The molecule has 0 aromatic heterocycles. The third-order valence-corrected chi connectivity index (χ3v) is 2.52. The number of alkyl halides is 1. The highest BCUT2D eigenvalue weighted by molar-refractivity contribution is 6.19. The molecule has 2 nitrogen and oxygen atoms in total. The van der Waals surface area contributed by atoms with Crippen LogP contribution in [-0.2, 0) is 6.42 Å². The summed E-state index contributed by atoms with van der Waals surface area (Å²) in [5.74, 6) is 1.30. The molecule has 0 amide bonds. The smallest absolute Gasteiger partial charge is 0.118 e. The topological polar surface area (TPSA) is 29.5 Å². The van der Waals surface area contributed by atoms with Crippen LogP contribution >= 0.6 is 11.6 Å². The Morgan fingerprint density at radius 3 is 2.56 bits per heavy atom.